The summed E-state index contributed by atoms with van der Waals surface area (Å²) in [4.78, 5) is 11.6. The number of carbonyl (C=O) groups is 1. The van der Waals surface area contributed by atoms with Crippen molar-refractivity contribution in [2.75, 3.05) is 26.1 Å². The van der Waals surface area contributed by atoms with Crippen molar-refractivity contribution >= 4 is 11.7 Å². The van der Waals surface area contributed by atoms with Gasteiger partial charge < -0.3 is 14.8 Å². The van der Waals surface area contributed by atoms with E-state index in [4.69, 9.17) is 9.47 Å². The Labute approximate surface area is 101 Å². The molecule has 1 saturated carbocycles. The summed E-state index contributed by atoms with van der Waals surface area (Å²) in [5, 5.41) is 3.26. The second-order valence-corrected chi connectivity index (χ2v) is 4.36. The quantitative estimate of drug-likeness (QED) is 0.794. The lowest BCUT2D eigenvalue weighted by Crippen LogP contribution is -2.25. The fourth-order valence-electron chi connectivity index (χ4n) is 1.82. The van der Waals surface area contributed by atoms with Crippen molar-refractivity contribution in [3.05, 3.63) is 24.3 Å². The molecule has 0 aromatic heterocycles. The molecule has 0 saturated heterocycles. The number of hydrogen-bond donors (Lipinski definition) is 1. The Hall–Kier alpha value is -1.71. The van der Waals surface area contributed by atoms with E-state index in [0.717, 1.165) is 24.3 Å². The van der Waals surface area contributed by atoms with Gasteiger partial charge in [-0.05, 0) is 25.0 Å². The van der Waals surface area contributed by atoms with E-state index in [1.54, 1.807) is 7.11 Å². The van der Waals surface area contributed by atoms with Crippen molar-refractivity contribution in [2.45, 2.75) is 12.8 Å². The zero-order valence-corrected chi connectivity index (χ0v) is 10.2. The van der Waals surface area contributed by atoms with Crippen LogP contribution in [0.5, 0.6) is 5.75 Å². The molecule has 1 aromatic rings. The van der Waals surface area contributed by atoms with E-state index in [-0.39, 0.29) is 11.4 Å². The van der Waals surface area contributed by atoms with Gasteiger partial charge in [-0.3, -0.25) is 4.79 Å². The van der Waals surface area contributed by atoms with E-state index in [1.165, 1.54) is 7.11 Å². The highest BCUT2D eigenvalue weighted by Gasteiger charge is 2.50. The first-order chi connectivity index (χ1) is 8.20. The number of esters is 1. The van der Waals surface area contributed by atoms with Gasteiger partial charge in [0.15, 0.2) is 0 Å². The Morgan fingerprint density at radius 2 is 2.18 bits per heavy atom. The molecule has 0 spiro atoms. The van der Waals surface area contributed by atoms with E-state index in [0.29, 0.717) is 6.54 Å². The van der Waals surface area contributed by atoms with Crippen molar-refractivity contribution in [3.63, 3.8) is 0 Å². The largest absolute Gasteiger partial charge is 0.497 e. The van der Waals surface area contributed by atoms with Gasteiger partial charge in [-0.1, -0.05) is 6.07 Å². The van der Waals surface area contributed by atoms with Crippen LogP contribution in [-0.2, 0) is 9.53 Å². The average Bonchev–Trinajstić information content (AvgIpc) is 3.17. The number of rotatable bonds is 5. The number of carbonyl (C=O) groups excluding carboxylic acids is 1. The van der Waals surface area contributed by atoms with Crippen LogP contribution in [0.1, 0.15) is 12.8 Å². The van der Waals surface area contributed by atoms with E-state index in [1.807, 2.05) is 24.3 Å². The van der Waals surface area contributed by atoms with Crippen molar-refractivity contribution < 1.29 is 14.3 Å². The first-order valence-corrected chi connectivity index (χ1v) is 5.66. The van der Waals surface area contributed by atoms with Crippen LogP contribution in [0.2, 0.25) is 0 Å². The maximum atomic E-state index is 11.6. The normalized spacial score (nSPS) is 16.1. The lowest BCUT2D eigenvalue weighted by Gasteiger charge is -2.14. The van der Waals surface area contributed by atoms with Crippen LogP contribution >= 0.6 is 0 Å². The summed E-state index contributed by atoms with van der Waals surface area (Å²) < 4.78 is 9.95. The molecule has 2 rings (SSSR count). The molecule has 1 aromatic carbocycles. The van der Waals surface area contributed by atoms with Crippen LogP contribution in [-0.4, -0.2) is 26.7 Å². The number of benzene rings is 1. The van der Waals surface area contributed by atoms with Crippen LogP contribution < -0.4 is 10.1 Å². The molecular formula is C13H17NO3. The maximum absolute atomic E-state index is 11.6. The van der Waals surface area contributed by atoms with Crippen LogP contribution in [0.15, 0.2) is 24.3 Å². The van der Waals surface area contributed by atoms with Gasteiger partial charge >= 0.3 is 5.97 Å². The molecule has 92 valence electrons. The topological polar surface area (TPSA) is 47.6 Å². The molecule has 17 heavy (non-hydrogen) atoms. The van der Waals surface area contributed by atoms with Gasteiger partial charge in [-0.2, -0.15) is 0 Å². The third-order valence-corrected chi connectivity index (χ3v) is 3.17. The molecule has 0 amide bonds. The maximum Gasteiger partial charge on any atom is 0.313 e. The number of ether oxygens (including phenoxy) is 2. The van der Waals surface area contributed by atoms with E-state index < -0.39 is 0 Å². The molecule has 0 atom stereocenters. The Kier molecular flexibility index (Phi) is 3.22. The van der Waals surface area contributed by atoms with Gasteiger partial charge in [0.05, 0.1) is 19.6 Å². The lowest BCUT2D eigenvalue weighted by atomic mass is 10.1. The standard InChI is InChI=1S/C13H17NO3/c1-16-11-5-3-4-10(8-11)14-9-13(6-7-13)12(15)17-2/h3-5,8,14H,6-7,9H2,1-2H3. The molecule has 0 aliphatic heterocycles. The minimum absolute atomic E-state index is 0.118. The van der Waals surface area contributed by atoms with Gasteiger partial charge in [0.25, 0.3) is 0 Å². The van der Waals surface area contributed by atoms with Gasteiger partial charge in [0.1, 0.15) is 5.75 Å². The lowest BCUT2D eigenvalue weighted by molar-refractivity contribution is -0.146. The second-order valence-electron chi connectivity index (χ2n) is 4.36. The summed E-state index contributed by atoms with van der Waals surface area (Å²) in [5.74, 6) is 0.686. The molecule has 0 heterocycles. The highest BCUT2D eigenvalue weighted by molar-refractivity contribution is 5.80. The zero-order chi connectivity index (χ0) is 12.3. The number of anilines is 1. The third kappa shape index (κ3) is 2.52. The van der Waals surface area contributed by atoms with Gasteiger partial charge in [0.2, 0.25) is 0 Å². The zero-order valence-electron chi connectivity index (χ0n) is 10.2. The second kappa shape index (κ2) is 4.65. The summed E-state index contributed by atoms with van der Waals surface area (Å²) in [7, 11) is 3.07. The SMILES string of the molecule is COC(=O)C1(CNc2cccc(OC)c2)CC1. The summed E-state index contributed by atoms with van der Waals surface area (Å²) in [5.41, 5.74) is 0.650. The smallest absolute Gasteiger partial charge is 0.313 e. The number of hydrogen-bond acceptors (Lipinski definition) is 4. The summed E-state index contributed by atoms with van der Waals surface area (Å²) >= 11 is 0. The Bertz CT molecular complexity index is 413. The number of nitrogens with one attached hydrogen (secondary N) is 1. The first-order valence-electron chi connectivity index (χ1n) is 5.66. The summed E-state index contributed by atoms with van der Waals surface area (Å²) in [6.07, 6.45) is 1.80. The van der Waals surface area contributed by atoms with E-state index >= 15 is 0 Å². The van der Waals surface area contributed by atoms with Crippen LogP contribution in [0.3, 0.4) is 0 Å². The Balaban J connectivity index is 1.96. The number of methoxy groups -OCH3 is 2. The van der Waals surface area contributed by atoms with Crippen molar-refractivity contribution in [1.29, 1.82) is 0 Å². The minimum atomic E-state index is -0.308. The molecule has 0 radical (unpaired) electrons. The fraction of sp³-hybridized carbons (Fsp3) is 0.462. The van der Waals surface area contributed by atoms with Crippen LogP contribution in [0, 0.1) is 5.41 Å². The first kappa shape index (κ1) is 11.8. The highest BCUT2D eigenvalue weighted by Crippen LogP contribution is 2.46. The van der Waals surface area contributed by atoms with Crippen LogP contribution in [0.25, 0.3) is 0 Å². The molecule has 0 unspecified atom stereocenters. The van der Waals surface area contributed by atoms with Gasteiger partial charge in [0, 0.05) is 18.3 Å². The third-order valence-electron chi connectivity index (χ3n) is 3.17. The fourth-order valence-corrected chi connectivity index (χ4v) is 1.82. The molecule has 1 aliphatic rings. The molecule has 1 N–H and O–H groups in total. The summed E-state index contributed by atoms with van der Waals surface area (Å²) in [6.45, 7) is 0.618. The van der Waals surface area contributed by atoms with Gasteiger partial charge in [-0.25, -0.2) is 0 Å². The Morgan fingerprint density at radius 3 is 2.76 bits per heavy atom. The van der Waals surface area contributed by atoms with Crippen molar-refractivity contribution in [1.82, 2.24) is 0 Å². The molecule has 1 fully saturated rings. The van der Waals surface area contributed by atoms with Crippen molar-refractivity contribution in [2.24, 2.45) is 5.41 Å². The summed E-state index contributed by atoms with van der Waals surface area (Å²) in [6, 6.07) is 7.67. The van der Waals surface area contributed by atoms with E-state index in [2.05, 4.69) is 5.32 Å². The molecule has 4 heteroatoms. The monoisotopic (exact) mass is 235 g/mol. The molecule has 4 nitrogen and oxygen atoms in total. The average molecular weight is 235 g/mol. The minimum Gasteiger partial charge on any atom is -0.497 e. The van der Waals surface area contributed by atoms with Gasteiger partial charge in [-0.15, -0.1) is 0 Å². The van der Waals surface area contributed by atoms with Crippen LogP contribution in [0.4, 0.5) is 5.69 Å². The molecular weight excluding hydrogens is 218 g/mol. The predicted molar refractivity (Wildman–Crippen MR) is 65.2 cm³/mol. The van der Waals surface area contributed by atoms with Crippen molar-refractivity contribution in [3.8, 4) is 5.75 Å². The van der Waals surface area contributed by atoms with E-state index in [9.17, 15) is 4.79 Å². The highest BCUT2D eigenvalue weighted by atomic mass is 16.5. The predicted octanol–water partition coefficient (Wildman–Crippen LogP) is 2.06. The molecule has 1 aliphatic carbocycles. The Morgan fingerprint density at radius 1 is 1.41 bits per heavy atom. The molecule has 0 bridgehead atoms.